The molecule has 1 heterocycles. The second-order valence-electron chi connectivity index (χ2n) is 3.64. The average Bonchev–Trinajstić information content (AvgIpc) is 2.79. The van der Waals surface area contributed by atoms with Crippen LogP contribution in [0.15, 0.2) is 30.3 Å². The highest BCUT2D eigenvalue weighted by Crippen LogP contribution is 2.08. The number of hydrogen-bond acceptors (Lipinski definition) is 4. The van der Waals surface area contributed by atoms with Crippen molar-refractivity contribution in [1.82, 2.24) is 20.5 Å². The molecule has 17 heavy (non-hydrogen) atoms. The summed E-state index contributed by atoms with van der Waals surface area (Å²) in [4.78, 5) is 4.32. The van der Waals surface area contributed by atoms with Crippen molar-refractivity contribution in [3.05, 3.63) is 42.0 Å². The molecular weight excluding hydrogens is 216 g/mol. The topological polar surface area (TPSA) is 62.8 Å². The first-order valence-electron chi connectivity index (χ1n) is 5.61. The molecule has 0 fully saturated rings. The molecule has 0 atom stereocenters. The molecule has 2 N–H and O–H groups in total. The maximum Gasteiger partial charge on any atom is 0.154 e. The van der Waals surface area contributed by atoms with Crippen LogP contribution in [0.25, 0.3) is 0 Å². The van der Waals surface area contributed by atoms with Gasteiger partial charge in [0.05, 0.1) is 13.2 Å². The van der Waals surface area contributed by atoms with Crippen LogP contribution in [0.1, 0.15) is 11.6 Å². The van der Waals surface area contributed by atoms with E-state index >= 15 is 0 Å². The standard InChI is InChI=1S/C12H16N4O/c1-13-9-12-14-11(15-16-12)7-8-17-10-5-3-2-4-6-10/h2-6,13H,7-9H2,1H3,(H,14,15,16). The normalized spacial score (nSPS) is 10.4. The van der Waals surface area contributed by atoms with E-state index in [0.29, 0.717) is 19.6 Å². The minimum Gasteiger partial charge on any atom is -0.493 e. The van der Waals surface area contributed by atoms with Gasteiger partial charge in [0, 0.05) is 6.42 Å². The summed E-state index contributed by atoms with van der Waals surface area (Å²) in [5, 5.41) is 10.0. The molecule has 1 aromatic carbocycles. The summed E-state index contributed by atoms with van der Waals surface area (Å²) >= 11 is 0. The van der Waals surface area contributed by atoms with Crippen LogP contribution < -0.4 is 10.1 Å². The van der Waals surface area contributed by atoms with Gasteiger partial charge in [0.1, 0.15) is 11.6 Å². The van der Waals surface area contributed by atoms with Gasteiger partial charge in [-0.3, -0.25) is 5.10 Å². The second kappa shape index (κ2) is 6.00. The van der Waals surface area contributed by atoms with Gasteiger partial charge in [0.2, 0.25) is 0 Å². The van der Waals surface area contributed by atoms with Crippen LogP contribution in [0.4, 0.5) is 0 Å². The van der Waals surface area contributed by atoms with Crippen LogP contribution in [-0.4, -0.2) is 28.8 Å². The highest BCUT2D eigenvalue weighted by atomic mass is 16.5. The number of ether oxygens (including phenoxy) is 1. The molecule has 0 amide bonds. The van der Waals surface area contributed by atoms with E-state index in [-0.39, 0.29) is 0 Å². The molecule has 5 heteroatoms. The largest absolute Gasteiger partial charge is 0.493 e. The summed E-state index contributed by atoms with van der Waals surface area (Å²) < 4.78 is 5.57. The lowest BCUT2D eigenvalue weighted by Crippen LogP contribution is -2.07. The molecule has 5 nitrogen and oxygen atoms in total. The van der Waals surface area contributed by atoms with Gasteiger partial charge in [-0.1, -0.05) is 18.2 Å². The summed E-state index contributed by atoms with van der Waals surface area (Å²) in [6, 6.07) is 9.74. The van der Waals surface area contributed by atoms with Crippen molar-refractivity contribution in [1.29, 1.82) is 0 Å². The minimum absolute atomic E-state index is 0.584. The first-order chi connectivity index (χ1) is 8.38. The van der Waals surface area contributed by atoms with E-state index in [1.165, 1.54) is 0 Å². The van der Waals surface area contributed by atoms with Crippen LogP contribution in [0.3, 0.4) is 0 Å². The van der Waals surface area contributed by atoms with Crippen LogP contribution in [0.2, 0.25) is 0 Å². The molecule has 0 bridgehead atoms. The Hall–Kier alpha value is -1.88. The molecule has 0 aliphatic heterocycles. The molecule has 0 saturated carbocycles. The first-order valence-corrected chi connectivity index (χ1v) is 5.61. The van der Waals surface area contributed by atoms with Gasteiger partial charge in [0.15, 0.2) is 5.82 Å². The van der Waals surface area contributed by atoms with Crippen LogP contribution in [0.5, 0.6) is 5.75 Å². The predicted octanol–water partition coefficient (Wildman–Crippen LogP) is 1.15. The summed E-state index contributed by atoms with van der Waals surface area (Å²) in [5.41, 5.74) is 0. The third-order valence-electron chi connectivity index (χ3n) is 2.26. The monoisotopic (exact) mass is 232 g/mol. The Morgan fingerprint density at radius 2 is 2.12 bits per heavy atom. The van der Waals surface area contributed by atoms with Gasteiger partial charge in [-0.2, -0.15) is 5.10 Å². The fourth-order valence-corrected chi connectivity index (χ4v) is 1.47. The molecular formula is C12H16N4O. The zero-order valence-corrected chi connectivity index (χ0v) is 9.81. The number of nitrogens with zero attached hydrogens (tertiary/aromatic N) is 2. The highest BCUT2D eigenvalue weighted by molar-refractivity contribution is 5.20. The number of H-pyrrole nitrogens is 1. The average molecular weight is 232 g/mol. The van der Waals surface area contributed by atoms with Gasteiger partial charge in [-0.05, 0) is 19.2 Å². The Bertz CT molecular complexity index is 441. The van der Waals surface area contributed by atoms with E-state index in [2.05, 4.69) is 20.5 Å². The third kappa shape index (κ3) is 3.57. The fourth-order valence-electron chi connectivity index (χ4n) is 1.47. The Balaban J connectivity index is 1.78. The van der Waals surface area contributed by atoms with Crippen LogP contribution in [0, 0.1) is 0 Å². The van der Waals surface area contributed by atoms with E-state index in [0.717, 1.165) is 17.4 Å². The van der Waals surface area contributed by atoms with Gasteiger partial charge in [-0.15, -0.1) is 0 Å². The number of aromatic nitrogens is 3. The van der Waals surface area contributed by atoms with Gasteiger partial charge >= 0.3 is 0 Å². The molecule has 0 saturated heterocycles. The Morgan fingerprint density at radius 3 is 2.88 bits per heavy atom. The van der Waals surface area contributed by atoms with Crippen LogP contribution in [-0.2, 0) is 13.0 Å². The number of benzene rings is 1. The summed E-state index contributed by atoms with van der Waals surface area (Å²) in [5.74, 6) is 2.51. The predicted molar refractivity (Wildman–Crippen MR) is 64.8 cm³/mol. The quantitative estimate of drug-likeness (QED) is 0.784. The van der Waals surface area contributed by atoms with Crippen molar-refractivity contribution in [2.75, 3.05) is 13.7 Å². The molecule has 2 rings (SSSR count). The Labute approximate surface area is 100 Å². The van der Waals surface area contributed by atoms with E-state index in [9.17, 15) is 0 Å². The third-order valence-corrected chi connectivity index (χ3v) is 2.26. The number of hydrogen-bond donors (Lipinski definition) is 2. The smallest absolute Gasteiger partial charge is 0.154 e. The van der Waals surface area contributed by atoms with E-state index < -0.39 is 0 Å². The molecule has 0 unspecified atom stereocenters. The first kappa shape index (κ1) is 11.6. The van der Waals surface area contributed by atoms with Crippen molar-refractivity contribution in [3.63, 3.8) is 0 Å². The molecule has 0 spiro atoms. The zero-order chi connectivity index (χ0) is 11.9. The fraction of sp³-hybridized carbons (Fsp3) is 0.333. The molecule has 0 radical (unpaired) electrons. The lowest BCUT2D eigenvalue weighted by molar-refractivity contribution is 0.319. The van der Waals surface area contributed by atoms with Gasteiger partial charge in [0.25, 0.3) is 0 Å². The van der Waals surface area contributed by atoms with Crippen molar-refractivity contribution in [2.24, 2.45) is 0 Å². The van der Waals surface area contributed by atoms with Gasteiger partial charge in [-0.25, -0.2) is 4.98 Å². The number of nitrogens with one attached hydrogen (secondary N) is 2. The number of aromatic amines is 1. The molecule has 0 aliphatic carbocycles. The second-order valence-corrected chi connectivity index (χ2v) is 3.64. The Morgan fingerprint density at radius 1 is 1.29 bits per heavy atom. The molecule has 0 aliphatic rings. The van der Waals surface area contributed by atoms with Crippen molar-refractivity contribution >= 4 is 0 Å². The summed E-state index contributed by atoms with van der Waals surface area (Å²) in [6.45, 7) is 1.29. The van der Waals surface area contributed by atoms with Crippen molar-refractivity contribution < 1.29 is 4.74 Å². The van der Waals surface area contributed by atoms with Crippen molar-refractivity contribution in [2.45, 2.75) is 13.0 Å². The van der Waals surface area contributed by atoms with E-state index in [1.54, 1.807) is 0 Å². The Kier molecular flexibility index (Phi) is 4.10. The molecule has 90 valence electrons. The summed E-state index contributed by atoms with van der Waals surface area (Å²) in [6.07, 6.45) is 0.703. The lowest BCUT2D eigenvalue weighted by Gasteiger charge is -2.03. The maximum atomic E-state index is 5.57. The SMILES string of the molecule is CNCc1nc(CCOc2ccccc2)n[nH]1. The number of rotatable bonds is 6. The lowest BCUT2D eigenvalue weighted by atomic mass is 10.3. The van der Waals surface area contributed by atoms with E-state index in [4.69, 9.17) is 4.74 Å². The van der Waals surface area contributed by atoms with Crippen molar-refractivity contribution in [3.8, 4) is 5.75 Å². The number of para-hydroxylation sites is 1. The molecule has 1 aromatic heterocycles. The van der Waals surface area contributed by atoms with Crippen LogP contribution >= 0.6 is 0 Å². The minimum atomic E-state index is 0.584. The maximum absolute atomic E-state index is 5.57. The molecule has 2 aromatic rings. The van der Waals surface area contributed by atoms with Gasteiger partial charge < -0.3 is 10.1 Å². The highest BCUT2D eigenvalue weighted by Gasteiger charge is 2.02. The summed E-state index contributed by atoms with van der Waals surface area (Å²) in [7, 11) is 1.88. The van der Waals surface area contributed by atoms with E-state index in [1.807, 2.05) is 37.4 Å². The zero-order valence-electron chi connectivity index (χ0n) is 9.81.